The van der Waals surface area contributed by atoms with Crippen molar-refractivity contribution < 1.29 is 0 Å². The number of allylic oxidation sites excluding steroid dienone is 1. The minimum Gasteiger partial charge on any atom is -0.368 e. The first-order chi connectivity index (χ1) is 7.76. The Morgan fingerprint density at radius 2 is 2.44 bits per heavy atom. The number of rotatable bonds is 6. The molecule has 1 N–H and O–H groups in total. The Bertz CT molecular complexity index is 362. The van der Waals surface area contributed by atoms with Crippen LogP contribution in [0.4, 0.5) is 5.82 Å². The maximum atomic E-state index is 8.63. The van der Waals surface area contributed by atoms with Crippen molar-refractivity contribution in [1.29, 1.82) is 5.26 Å². The summed E-state index contributed by atoms with van der Waals surface area (Å²) in [5, 5.41) is 11.9. The number of nitrogens with one attached hydrogen (secondary N) is 1. The Balaban J connectivity index is 2.40. The SMILES string of the molecule is C=CCCCC(C)Nc1ccc(C#N)cn1. The highest BCUT2D eigenvalue weighted by Gasteiger charge is 2.02. The van der Waals surface area contributed by atoms with E-state index in [-0.39, 0.29) is 0 Å². The van der Waals surface area contributed by atoms with E-state index >= 15 is 0 Å². The van der Waals surface area contributed by atoms with Crippen molar-refractivity contribution in [3.63, 3.8) is 0 Å². The van der Waals surface area contributed by atoms with Gasteiger partial charge in [0.2, 0.25) is 0 Å². The zero-order valence-electron chi connectivity index (χ0n) is 9.61. The molecule has 0 radical (unpaired) electrons. The summed E-state index contributed by atoms with van der Waals surface area (Å²) in [7, 11) is 0. The van der Waals surface area contributed by atoms with Gasteiger partial charge in [-0.2, -0.15) is 5.26 Å². The lowest BCUT2D eigenvalue weighted by atomic mass is 10.1. The molecule has 1 aromatic rings. The summed E-state index contributed by atoms with van der Waals surface area (Å²) in [4.78, 5) is 4.16. The van der Waals surface area contributed by atoms with Gasteiger partial charge in [0.05, 0.1) is 5.56 Å². The molecular weight excluding hydrogens is 198 g/mol. The van der Waals surface area contributed by atoms with E-state index in [0.29, 0.717) is 11.6 Å². The molecule has 1 aromatic heterocycles. The lowest BCUT2D eigenvalue weighted by Gasteiger charge is -2.13. The van der Waals surface area contributed by atoms with Crippen LogP contribution in [0.15, 0.2) is 31.0 Å². The van der Waals surface area contributed by atoms with Crippen LogP contribution in [0.5, 0.6) is 0 Å². The third-order valence-electron chi connectivity index (χ3n) is 2.33. The van der Waals surface area contributed by atoms with E-state index in [4.69, 9.17) is 5.26 Å². The summed E-state index contributed by atoms with van der Waals surface area (Å²) >= 11 is 0. The van der Waals surface area contributed by atoms with Crippen LogP contribution < -0.4 is 5.32 Å². The molecule has 0 spiro atoms. The third-order valence-corrected chi connectivity index (χ3v) is 2.33. The highest BCUT2D eigenvalue weighted by Crippen LogP contribution is 2.09. The van der Waals surface area contributed by atoms with Gasteiger partial charge >= 0.3 is 0 Å². The van der Waals surface area contributed by atoms with E-state index in [9.17, 15) is 0 Å². The molecule has 3 heteroatoms. The normalized spacial score (nSPS) is 11.5. The summed E-state index contributed by atoms with van der Waals surface area (Å²) in [5.74, 6) is 0.824. The van der Waals surface area contributed by atoms with Crippen LogP contribution in [-0.2, 0) is 0 Å². The van der Waals surface area contributed by atoms with Gasteiger partial charge in [-0.25, -0.2) is 4.98 Å². The zero-order chi connectivity index (χ0) is 11.8. The molecule has 0 saturated heterocycles. The number of aromatic nitrogens is 1. The first-order valence-electron chi connectivity index (χ1n) is 5.50. The summed E-state index contributed by atoms with van der Waals surface area (Å²) in [6.45, 7) is 5.83. The summed E-state index contributed by atoms with van der Waals surface area (Å²) in [5.41, 5.74) is 0.588. The van der Waals surface area contributed by atoms with E-state index in [0.717, 1.165) is 25.1 Å². The molecule has 1 heterocycles. The number of nitrogens with zero attached hydrogens (tertiary/aromatic N) is 2. The van der Waals surface area contributed by atoms with Crippen LogP contribution in [0.3, 0.4) is 0 Å². The summed E-state index contributed by atoms with van der Waals surface area (Å²) < 4.78 is 0. The Hall–Kier alpha value is -1.82. The second-order valence-electron chi connectivity index (χ2n) is 3.81. The number of hydrogen-bond acceptors (Lipinski definition) is 3. The van der Waals surface area contributed by atoms with E-state index in [1.165, 1.54) is 0 Å². The minimum absolute atomic E-state index is 0.389. The zero-order valence-corrected chi connectivity index (χ0v) is 9.61. The van der Waals surface area contributed by atoms with Crippen molar-refractivity contribution in [3.05, 3.63) is 36.5 Å². The number of hydrogen-bond donors (Lipinski definition) is 1. The average Bonchev–Trinajstić information content (AvgIpc) is 2.30. The molecule has 1 unspecified atom stereocenters. The van der Waals surface area contributed by atoms with Crippen molar-refractivity contribution in [1.82, 2.24) is 4.98 Å². The first-order valence-corrected chi connectivity index (χ1v) is 5.50. The number of pyridine rings is 1. The standard InChI is InChI=1S/C13H17N3/c1-3-4-5-6-11(2)16-13-8-7-12(9-14)10-15-13/h3,7-8,10-11H,1,4-6H2,2H3,(H,15,16). The Kier molecular flexibility index (Phi) is 5.07. The molecule has 0 aliphatic heterocycles. The molecule has 0 amide bonds. The van der Waals surface area contributed by atoms with Crippen LogP contribution in [0.2, 0.25) is 0 Å². The smallest absolute Gasteiger partial charge is 0.126 e. The lowest BCUT2D eigenvalue weighted by molar-refractivity contribution is 0.661. The number of unbranched alkanes of at least 4 members (excludes halogenated alkanes) is 1. The number of nitriles is 1. The highest BCUT2D eigenvalue weighted by atomic mass is 15.0. The van der Waals surface area contributed by atoms with Gasteiger partial charge in [0.15, 0.2) is 0 Å². The van der Waals surface area contributed by atoms with Crippen LogP contribution in [-0.4, -0.2) is 11.0 Å². The molecule has 16 heavy (non-hydrogen) atoms. The largest absolute Gasteiger partial charge is 0.368 e. The Morgan fingerprint density at radius 3 is 3.00 bits per heavy atom. The maximum Gasteiger partial charge on any atom is 0.126 e. The lowest BCUT2D eigenvalue weighted by Crippen LogP contribution is -2.15. The van der Waals surface area contributed by atoms with Gasteiger partial charge in [-0.15, -0.1) is 6.58 Å². The van der Waals surface area contributed by atoms with Gasteiger partial charge in [-0.3, -0.25) is 0 Å². The van der Waals surface area contributed by atoms with Gasteiger partial charge in [-0.05, 0) is 38.3 Å². The van der Waals surface area contributed by atoms with Crippen LogP contribution in [0.1, 0.15) is 31.7 Å². The van der Waals surface area contributed by atoms with Crippen molar-refractivity contribution >= 4 is 5.82 Å². The summed E-state index contributed by atoms with van der Waals surface area (Å²) in [6, 6.07) is 6.04. The third kappa shape index (κ3) is 4.14. The molecule has 0 aliphatic carbocycles. The van der Waals surface area contributed by atoms with Gasteiger partial charge in [0.1, 0.15) is 11.9 Å². The molecule has 0 aliphatic rings. The second kappa shape index (κ2) is 6.62. The predicted octanol–water partition coefficient (Wildman–Crippen LogP) is 3.11. The molecule has 1 atom stereocenters. The van der Waals surface area contributed by atoms with Crippen LogP contribution >= 0.6 is 0 Å². The first kappa shape index (κ1) is 12.3. The molecule has 0 fully saturated rings. The van der Waals surface area contributed by atoms with Crippen molar-refractivity contribution in [2.24, 2.45) is 0 Å². The Labute approximate surface area is 96.8 Å². The van der Waals surface area contributed by atoms with Crippen molar-refractivity contribution in [3.8, 4) is 6.07 Å². The number of anilines is 1. The van der Waals surface area contributed by atoms with Gasteiger partial charge in [-0.1, -0.05) is 6.08 Å². The molecule has 84 valence electrons. The van der Waals surface area contributed by atoms with E-state index in [1.54, 1.807) is 12.3 Å². The van der Waals surface area contributed by atoms with E-state index < -0.39 is 0 Å². The fraction of sp³-hybridized carbons (Fsp3) is 0.385. The van der Waals surface area contributed by atoms with E-state index in [2.05, 4.69) is 23.8 Å². The molecule has 1 rings (SSSR count). The topological polar surface area (TPSA) is 48.7 Å². The minimum atomic E-state index is 0.389. The summed E-state index contributed by atoms with van der Waals surface area (Å²) in [6.07, 6.45) is 6.79. The molecule has 0 bridgehead atoms. The van der Waals surface area contributed by atoms with Gasteiger partial charge in [0.25, 0.3) is 0 Å². The van der Waals surface area contributed by atoms with Crippen molar-refractivity contribution in [2.75, 3.05) is 5.32 Å². The Morgan fingerprint density at radius 1 is 1.62 bits per heavy atom. The van der Waals surface area contributed by atoms with Crippen molar-refractivity contribution in [2.45, 2.75) is 32.2 Å². The molecule has 0 saturated carbocycles. The maximum absolute atomic E-state index is 8.63. The fourth-order valence-corrected chi connectivity index (χ4v) is 1.44. The van der Waals surface area contributed by atoms with Crippen LogP contribution in [0.25, 0.3) is 0 Å². The predicted molar refractivity (Wildman–Crippen MR) is 66.1 cm³/mol. The van der Waals surface area contributed by atoms with Gasteiger partial charge < -0.3 is 5.32 Å². The average molecular weight is 215 g/mol. The molecule has 0 aromatic carbocycles. The van der Waals surface area contributed by atoms with Gasteiger partial charge in [0, 0.05) is 12.2 Å². The molecule has 3 nitrogen and oxygen atoms in total. The second-order valence-corrected chi connectivity index (χ2v) is 3.81. The fourth-order valence-electron chi connectivity index (χ4n) is 1.44. The quantitative estimate of drug-likeness (QED) is 0.586. The van der Waals surface area contributed by atoms with Crippen LogP contribution in [0, 0.1) is 11.3 Å². The molecular formula is C13H17N3. The monoisotopic (exact) mass is 215 g/mol. The highest BCUT2D eigenvalue weighted by molar-refractivity contribution is 5.39. The van der Waals surface area contributed by atoms with E-state index in [1.807, 2.05) is 18.2 Å².